The molecule has 0 saturated heterocycles. The largest absolute Gasteiger partial charge is 0.497 e. The predicted molar refractivity (Wildman–Crippen MR) is 127 cm³/mol. The smallest absolute Gasteiger partial charge is 0.228 e. The van der Waals surface area contributed by atoms with Crippen LogP contribution in [0, 0.1) is 0 Å². The van der Waals surface area contributed by atoms with Crippen LogP contribution < -0.4 is 14.8 Å². The number of hydrogen-bond donors (Lipinski definition) is 1. The van der Waals surface area contributed by atoms with Crippen molar-refractivity contribution in [3.63, 3.8) is 0 Å². The second kappa shape index (κ2) is 9.32. The molecule has 1 amide bonds. The van der Waals surface area contributed by atoms with Crippen molar-refractivity contribution < 1.29 is 14.3 Å². The molecule has 0 atom stereocenters. The fraction of sp³-hybridized carbons (Fsp3) is 0.269. The van der Waals surface area contributed by atoms with E-state index in [1.807, 2.05) is 66.7 Å². The Hall–Kier alpha value is -3.87. The third-order valence-electron chi connectivity index (χ3n) is 5.86. The number of fused-ring (bicyclic) bond motifs is 1. The first kappa shape index (κ1) is 21.0. The van der Waals surface area contributed by atoms with E-state index in [-0.39, 0.29) is 5.91 Å². The van der Waals surface area contributed by atoms with Crippen LogP contribution in [-0.2, 0) is 11.2 Å². The first-order valence-corrected chi connectivity index (χ1v) is 11.2. The van der Waals surface area contributed by atoms with Crippen molar-refractivity contribution in [1.29, 1.82) is 0 Å². The molecule has 0 spiro atoms. The summed E-state index contributed by atoms with van der Waals surface area (Å²) in [6.45, 7) is 0. The SMILES string of the molecule is COc1ccc(-n2nc3ccc(NC(=O)Cc4ccc(OC5CCCC5)cc4)cc3n2)cc1. The van der Waals surface area contributed by atoms with Crippen molar-refractivity contribution in [2.24, 2.45) is 0 Å². The number of benzene rings is 3. The van der Waals surface area contributed by atoms with Crippen LogP contribution in [-0.4, -0.2) is 34.1 Å². The van der Waals surface area contributed by atoms with Gasteiger partial charge in [-0.1, -0.05) is 12.1 Å². The molecule has 0 radical (unpaired) electrons. The third-order valence-corrected chi connectivity index (χ3v) is 5.86. The number of carbonyl (C=O) groups excluding carboxylic acids is 1. The molecule has 7 nitrogen and oxygen atoms in total. The molecule has 1 aromatic heterocycles. The van der Waals surface area contributed by atoms with Gasteiger partial charge in [0.15, 0.2) is 0 Å². The number of nitrogens with one attached hydrogen (secondary N) is 1. The second-order valence-electron chi connectivity index (χ2n) is 8.28. The first-order valence-electron chi connectivity index (χ1n) is 11.2. The van der Waals surface area contributed by atoms with E-state index < -0.39 is 0 Å². The summed E-state index contributed by atoms with van der Waals surface area (Å²) in [4.78, 5) is 14.1. The molecule has 4 aromatic rings. The third kappa shape index (κ3) is 4.98. The zero-order chi connectivity index (χ0) is 22.6. The van der Waals surface area contributed by atoms with Crippen LogP contribution in [0.25, 0.3) is 16.7 Å². The summed E-state index contributed by atoms with van der Waals surface area (Å²) in [5.41, 5.74) is 3.92. The molecule has 7 heteroatoms. The van der Waals surface area contributed by atoms with Gasteiger partial charge < -0.3 is 14.8 Å². The van der Waals surface area contributed by atoms with Crippen LogP contribution >= 0.6 is 0 Å². The highest BCUT2D eigenvalue weighted by Crippen LogP contribution is 2.24. The average Bonchev–Trinajstić information content (AvgIpc) is 3.50. The number of carbonyl (C=O) groups is 1. The number of anilines is 1. The van der Waals surface area contributed by atoms with Crippen LogP contribution in [0.2, 0.25) is 0 Å². The zero-order valence-electron chi connectivity index (χ0n) is 18.5. The maximum atomic E-state index is 12.6. The summed E-state index contributed by atoms with van der Waals surface area (Å²) in [6, 6.07) is 20.8. The van der Waals surface area contributed by atoms with Crippen molar-refractivity contribution in [3.8, 4) is 17.2 Å². The second-order valence-corrected chi connectivity index (χ2v) is 8.28. The van der Waals surface area contributed by atoms with E-state index in [0.29, 0.717) is 23.7 Å². The minimum absolute atomic E-state index is 0.0821. The van der Waals surface area contributed by atoms with E-state index in [0.717, 1.165) is 41.1 Å². The molecule has 1 aliphatic carbocycles. The van der Waals surface area contributed by atoms with Crippen molar-refractivity contribution in [1.82, 2.24) is 15.0 Å². The molecule has 1 aliphatic rings. The van der Waals surface area contributed by atoms with Gasteiger partial charge in [0.2, 0.25) is 5.91 Å². The van der Waals surface area contributed by atoms with Gasteiger partial charge in [-0.2, -0.15) is 4.80 Å². The van der Waals surface area contributed by atoms with Crippen LogP contribution in [0.4, 0.5) is 5.69 Å². The van der Waals surface area contributed by atoms with E-state index in [4.69, 9.17) is 9.47 Å². The van der Waals surface area contributed by atoms with Gasteiger partial charge in [-0.3, -0.25) is 4.79 Å². The molecule has 0 bridgehead atoms. The Kier molecular flexibility index (Phi) is 5.93. The van der Waals surface area contributed by atoms with Gasteiger partial charge in [-0.05, 0) is 85.8 Å². The maximum Gasteiger partial charge on any atom is 0.228 e. The standard InChI is InChI=1S/C26H26N4O3/c1-32-21-13-9-20(10-14-21)30-28-24-15-8-19(17-25(24)29-30)27-26(31)16-18-6-11-23(12-7-18)33-22-4-2-3-5-22/h6-15,17,22H,2-5,16H2,1H3,(H,27,31). The maximum absolute atomic E-state index is 12.6. The molecule has 0 unspecified atom stereocenters. The Bertz CT molecular complexity index is 1240. The van der Waals surface area contributed by atoms with Crippen molar-refractivity contribution in [2.45, 2.75) is 38.2 Å². The van der Waals surface area contributed by atoms with E-state index in [1.165, 1.54) is 12.8 Å². The summed E-state index contributed by atoms with van der Waals surface area (Å²) in [5, 5.41) is 12.0. The highest BCUT2D eigenvalue weighted by molar-refractivity contribution is 5.94. The quantitative estimate of drug-likeness (QED) is 0.439. The minimum atomic E-state index is -0.0821. The van der Waals surface area contributed by atoms with Crippen LogP contribution in [0.5, 0.6) is 11.5 Å². The number of nitrogens with zero attached hydrogens (tertiary/aromatic N) is 3. The van der Waals surface area contributed by atoms with Crippen molar-refractivity contribution in [2.75, 3.05) is 12.4 Å². The first-order chi connectivity index (χ1) is 16.2. The Morgan fingerprint density at radius 3 is 2.36 bits per heavy atom. The Labute approximate surface area is 192 Å². The molecule has 0 aliphatic heterocycles. The normalized spacial score (nSPS) is 13.8. The molecule has 1 N–H and O–H groups in total. The molecular weight excluding hydrogens is 416 g/mol. The van der Waals surface area contributed by atoms with E-state index in [2.05, 4.69) is 15.5 Å². The number of aromatic nitrogens is 3. The fourth-order valence-corrected chi connectivity index (χ4v) is 4.10. The topological polar surface area (TPSA) is 78.3 Å². The number of methoxy groups -OCH3 is 1. The molecule has 1 saturated carbocycles. The van der Waals surface area contributed by atoms with Gasteiger partial charge in [-0.25, -0.2) is 0 Å². The summed E-state index contributed by atoms with van der Waals surface area (Å²) < 4.78 is 11.2. The van der Waals surface area contributed by atoms with E-state index in [1.54, 1.807) is 11.9 Å². The van der Waals surface area contributed by atoms with Gasteiger partial charge in [0, 0.05) is 5.69 Å². The number of amides is 1. The monoisotopic (exact) mass is 442 g/mol. The van der Waals surface area contributed by atoms with E-state index in [9.17, 15) is 4.79 Å². The Morgan fingerprint density at radius 1 is 0.939 bits per heavy atom. The van der Waals surface area contributed by atoms with Gasteiger partial charge in [0.05, 0.1) is 25.3 Å². The molecule has 1 heterocycles. The fourth-order valence-electron chi connectivity index (χ4n) is 4.10. The average molecular weight is 443 g/mol. The minimum Gasteiger partial charge on any atom is -0.497 e. The molecule has 168 valence electrons. The number of hydrogen-bond acceptors (Lipinski definition) is 5. The Morgan fingerprint density at radius 2 is 1.64 bits per heavy atom. The lowest BCUT2D eigenvalue weighted by Gasteiger charge is -2.13. The molecule has 3 aromatic carbocycles. The summed E-state index contributed by atoms with van der Waals surface area (Å²) in [5.74, 6) is 1.56. The summed E-state index contributed by atoms with van der Waals surface area (Å²) in [6.07, 6.45) is 5.36. The molecule has 33 heavy (non-hydrogen) atoms. The van der Waals surface area contributed by atoms with Gasteiger partial charge in [0.25, 0.3) is 0 Å². The highest BCUT2D eigenvalue weighted by Gasteiger charge is 2.16. The lowest BCUT2D eigenvalue weighted by atomic mass is 10.1. The number of rotatable bonds is 7. The van der Waals surface area contributed by atoms with Crippen LogP contribution in [0.1, 0.15) is 31.2 Å². The van der Waals surface area contributed by atoms with Gasteiger partial charge in [0.1, 0.15) is 22.5 Å². The molecule has 5 rings (SSSR count). The lowest BCUT2D eigenvalue weighted by molar-refractivity contribution is -0.115. The summed E-state index contributed by atoms with van der Waals surface area (Å²) >= 11 is 0. The summed E-state index contributed by atoms with van der Waals surface area (Å²) in [7, 11) is 1.63. The van der Waals surface area contributed by atoms with Crippen molar-refractivity contribution >= 4 is 22.6 Å². The predicted octanol–water partition coefficient (Wildman–Crippen LogP) is 4.93. The van der Waals surface area contributed by atoms with Gasteiger partial charge >= 0.3 is 0 Å². The van der Waals surface area contributed by atoms with Crippen molar-refractivity contribution in [3.05, 3.63) is 72.3 Å². The number of ether oxygens (including phenoxy) is 2. The Balaban J connectivity index is 1.22. The highest BCUT2D eigenvalue weighted by atomic mass is 16.5. The van der Waals surface area contributed by atoms with E-state index >= 15 is 0 Å². The molecule has 1 fully saturated rings. The zero-order valence-corrected chi connectivity index (χ0v) is 18.5. The molecular formula is C26H26N4O3. The van der Waals surface area contributed by atoms with Crippen LogP contribution in [0.3, 0.4) is 0 Å². The van der Waals surface area contributed by atoms with Gasteiger partial charge in [-0.15, -0.1) is 10.2 Å². The van der Waals surface area contributed by atoms with Crippen LogP contribution in [0.15, 0.2) is 66.7 Å². The lowest BCUT2D eigenvalue weighted by Crippen LogP contribution is -2.14.